The number of hydrogen-bond acceptors (Lipinski definition) is 8. The Morgan fingerprint density at radius 2 is 1.20 bits per heavy atom. The van der Waals surface area contributed by atoms with Crippen molar-refractivity contribution in [2.24, 2.45) is 0 Å². The number of benzene rings is 4. The zero-order valence-corrected chi connectivity index (χ0v) is 34.0. The van der Waals surface area contributed by atoms with Gasteiger partial charge in [-0.3, -0.25) is 9.59 Å². The molecule has 40 heavy (non-hydrogen) atoms. The Kier molecular flexibility index (Phi) is 19.9. The molecule has 6 aromatic rings. The summed E-state index contributed by atoms with van der Waals surface area (Å²) in [7, 11) is 1.41. The van der Waals surface area contributed by atoms with E-state index in [1.807, 2.05) is 54.6 Å². The second-order valence-corrected chi connectivity index (χ2v) is 9.51. The fourth-order valence-corrected chi connectivity index (χ4v) is 6.26. The Bertz CT molecular complexity index is 1710. The molecule has 0 aliphatic rings. The van der Waals surface area contributed by atoms with Crippen LogP contribution in [0.3, 0.4) is 0 Å². The van der Waals surface area contributed by atoms with Crippen LogP contribution in [-0.2, 0) is 14.4 Å². The molecule has 196 valence electrons. The molecular weight excluding hydrogens is 828 g/mol. The van der Waals surface area contributed by atoms with Crippen LogP contribution in [0.25, 0.3) is 40.3 Å². The minimum absolute atomic E-state index is 0. The summed E-state index contributed by atoms with van der Waals surface area (Å²) in [5.74, 6) is -0.276. The fraction of sp³-hybridized carbons (Fsp3) is 0.0357. The van der Waals surface area contributed by atoms with Gasteiger partial charge in [0, 0.05) is 78.4 Å². The van der Waals surface area contributed by atoms with Crippen LogP contribution < -0.4 is 108 Å². The smallest absolute Gasteiger partial charge is 1.00 e. The van der Waals surface area contributed by atoms with Gasteiger partial charge in [-0.1, -0.05) is 66.7 Å². The molecule has 0 N–H and O–H groups in total. The van der Waals surface area contributed by atoms with Crippen molar-refractivity contribution < 1.29 is 133 Å². The summed E-state index contributed by atoms with van der Waals surface area (Å²) in [4.78, 5) is 33.8. The van der Waals surface area contributed by atoms with Crippen molar-refractivity contribution in [3.05, 3.63) is 96.1 Å². The van der Waals surface area contributed by atoms with Gasteiger partial charge in [0.2, 0.25) is 0 Å². The molecule has 0 aliphatic heterocycles. The number of carbonyl (C=O) groups excluding carboxylic acids is 3. The number of ether oxygens (including phenoxy) is 1. The number of thiophene rings is 2. The number of halogens is 2. The third-order valence-electron chi connectivity index (χ3n) is 5.41. The normalized spacial score (nSPS) is 9.40. The van der Waals surface area contributed by atoms with Crippen LogP contribution >= 0.6 is 59.9 Å². The van der Waals surface area contributed by atoms with E-state index < -0.39 is 0 Å². The minimum Gasteiger partial charge on any atom is -1.00 e. The van der Waals surface area contributed by atoms with E-state index in [0.717, 1.165) is 26.6 Å². The maximum Gasteiger partial charge on any atom is 1.00 e. The maximum atomic E-state index is 11.7. The number of methoxy groups -OCH3 is 1. The van der Waals surface area contributed by atoms with E-state index in [1.165, 1.54) is 32.7 Å². The molecule has 2 heterocycles. The molecule has 0 aliphatic carbocycles. The predicted octanol–water partition coefficient (Wildman–Crippen LogP) is 2.03. The Labute approximate surface area is 348 Å². The van der Waals surface area contributed by atoms with Crippen molar-refractivity contribution in [2.75, 3.05) is 7.11 Å². The third-order valence-corrected chi connectivity index (χ3v) is 7.87. The van der Waals surface area contributed by atoms with Crippen LogP contribution in [0.2, 0.25) is 0 Å². The monoisotopic (exact) mass is 848 g/mol. The fourth-order valence-electron chi connectivity index (χ4n) is 3.88. The molecule has 0 fully saturated rings. The van der Waals surface area contributed by atoms with Crippen LogP contribution in [0.5, 0.6) is 0 Å². The summed E-state index contributed by atoms with van der Waals surface area (Å²) in [5.41, 5.74) is 1.43. The van der Waals surface area contributed by atoms with Gasteiger partial charge in [-0.05, 0) is 18.2 Å². The predicted molar refractivity (Wildman–Crippen MR) is 172 cm³/mol. The topological polar surface area (TPSA) is 92.7 Å². The molecule has 0 saturated carbocycles. The largest absolute Gasteiger partial charge is 1.00 e. The Hall–Kier alpha value is 0.623. The number of aldehydes is 1. The van der Waals surface area contributed by atoms with Crippen LogP contribution in [0, 0.1) is 0 Å². The summed E-state index contributed by atoms with van der Waals surface area (Å²) in [6.45, 7) is -0.181. The third kappa shape index (κ3) is 9.56. The average Bonchev–Trinajstić information content (AvgIpc) is 3.57. The molecule has 0 bridgehead atoms. The van der Waals surface area contributed by atoms with Crippen LogP contribution in [0.4, 0.5) is 0 Å². The summed E-state index contributed by atoms with van der Waals surface area (Å²) in [5, 5.41) is 13.2. The van der Waals surface area contributed by atoms with Gasteiger partial charge in [0.05, 0.1) is 17.4 Å². The van der Waals surface area contributed by atoms with Crippen molar-refractivity contribution in [3.8, 4) is 0 Å². The second-order valence-electron chi connectivity index (χ2n) is 7.40. The quantitative estimate of drug-likeness (QED) is 0.0677. The summed E-state index contributed by atoms with van der Waals surface area (Å²) in [6, 6.07) is 28.0. The van der Waals surface area contributed by atoms with Crippen molar-refractivity contribution >= 4 is 119 Å². The summed E-state index contributed by atoms with van der Waals surface area (Å²) < 4.78 is 9.33. The van der Waals surface area contributed by atoms with Gasteiger partial charge >= 0.3 is 109 Å². The van der Waals surface area contributed by atoms with Crippen molar-refractivity contribution in [3.63, 3.8) is 0 Å². The summed E-state index contributed by atoms with van der Waals surface area (Å²) >= 11 is 7.55. The molecule has 0 radical (unpaired) electrons. The zero-order valence-electron chi connectivity index (χ0n) is 22.8. The number of rotatable bonds is 3. The van der Waals surface area contributed by atoms with Gasteiger partial charge in [0.25, 0.3) is 6.47 Å². The maximum absolute atomic E-state index is 11.7. The van der Waals surface area contributed by atoms with Crippen molar-refractivity contribution in [1.29, 1.82) is 0 Å². The Morgan fingerprint density at radius 3 is 1.70 bits per heavy atom. The van der Waals surface area contributed by atoms with E-state index >= 15 is 0 Å². The molecule has 4 aromatic carbocycles. The first-order valence-electron chi connectivity index (χ1n) is 10.8. The molecule has 0 amide bonds. The summed E-state index contributed by atoms with van der Waals surface area (Å²) in [6.07, 6.45) is 0.928. The van der Waals surface area contributed by atoms with Gasteiger partial charge in [-0.15, -0.1) is 22.7 Å². The van der Waals surface area contributed by atoms with E-state index in [9.17, 15) is 9.59 Å². The number of hydrogen-bond donors (Lipinski definition) is 0. The van der Waals surface area contributed by atoms with E-state index in [0.29, 0.717) is 5.56 Å². The number of fused-ring (bicyclic) bond motifs is 6. The molecule has 0 unspecified atom stereocenters. The van der Waals surface area contributed by atoms with Gasteiger partial charge in [-0.2, -0.15) is 0 Å². The first kappa shape index (κ1) is 38.6. The van der Waals surface area contributed by atoms with Gasteiger partial charge in [0.1, 0.15) is 0 Å². The van der Waals surface area contributed by atoms with Crippen molar-refractivity contribution in [1.82, 2.24) is 0 Å². The molecule has 0 atom stereocenters. The van der Waals surface area contributed by atoms with E-state index in [1.54, 1.807) is 22.7 Å². The van der Waals surface area contributed by atoms with E-state index in [4.69, 9.17) is 14.8 Å². The van der Waals surface area contributed by atoms with Crippen molar-refractivity contribution in [2.45, 2.75) is 0 Å². The van der Waals surface area contributed by atoms with Crippen LogP contribution in [0.15, 0.2) is 84.9 Å². The molecule has 0 spiro atoms. The van der Waals surface area contributed by atoms with E-state index in [-0.39, 0.29) is 117 Å². The molecule has 2 aromatic heterocycles. The number of carbonyl (C=O) groups is 3. The van der Waals surface area contributed by atoms with Crippen LogP contribution in [0.1, 0.15) is 22.1 Å². The zero-order chi connectivity index (χ0) is 27.5. The van der Waals surface area contributed by atoms with Gasteiger partial charge in [-0.25, -0.2) is 4.79 Å². The van der Waals surface area contributed by atoms with Gasteiger partial charge in [0.15, 0.2) is 6.29 Å². The molecular formula is C28H20I2K2O6S2. The number of esters is 1. The first-order valence-corrected chi connectivity index (χ1v) is 18.7. The minimum atomic E-state index is -0.276. The first-order chi connectivity index (χ1) is 18.6. The van der Waals surface area contributed by atoms with E-state index in [2.05, 4.69) is 72.5 Å². The second kappa shape index (κ2) is 20.6. The van der Waals surface area contributed by atoms with Gasteiger partial charge < -0.3 is 16.3 Å². The molecule has 12 heteroatoms. The molecule has 0 saturated heterocycles. The van der Waals surface area contributed by atoms with Crippen LogP contribution in [-0.4, -0.2) is 25.8 Å². The SMILES string of the molecule is COC(=O)c1cccc2c1sc1ccccc12.II.O=CO[O-].O=Cc1cccc2c1sc1ccccc12.[H-].[K+].[K+]. The molecule has 6 nitrogen and oxygen atoms in total. The average molecular weight is 849 g/mol. The Balaban J connectivity index is 0.000000621. The Morgan fingerprint density at radius 1 is 0.750 bits per heavy atom. The standard InChI is InChI=1S/C14H10O2S.C13H8OS.CH2O3.I2.2K.H/c1-16-14(15)11-7-4-6-10-9-5-2-3-8-12(9)17-13(10)11;14-8-9-4-3-6-11-10-5-1-2-7-12(10)15-13(9)11;2-1-4-3;1-2;;;/h2-8H,1H3;1-8H;1,3H;;;;/q;;;;2*+1;-1/p-1. The molecule has 6 rings (SSSR count).